The third kappa shape index (κ3) is 2.25. The highest BCUT2D eigenvalue weighted by atomic mass is 19.4. The van der Waals surface area contributed by atoms with Gasteiger partial charge in [0.15, 0.2) is 0 Å². The van der Waals surface area contributed by atoms with Crippen molar-refractivity contribution in [2.75, 3.05) is 26.2 Å². The summed E-state index contributed by atoms with van der Waals surface area (Å²) in [5, 5.41) is 3.23. The lowest BCUT2D eigenvalue weighted by Gasteiger charge is -2.29. The Balaban J connectivity index is 1.79. The smallest absolute Gasteiger partial charge is 0.354 e. The van der Waals surface area contributed by atoms with Crippen LogP contribution in [0.2, 0.25) is 0 Å². The number of nitrogens with one attached hydrogen (secondary N) is 1. The number of hydrogen-bond donors (Lipinski definition) is 1. The third-order valence-corrected chi connectivity index (χ3v) is 3.84. The van der Waals surface area contributed by atoms with Gasteiger partial charge in [-0.15, -0.1) is 0 Å². The summed E-state index contributed by atoms with van der Waals surface area (Å²) < 4.78 is 38.2. The Hall–Kier alpha value is -1.04. The van der Waals surface area contributed by atoms with E-state index >= 15 is 0 Å². The number of aliphatic imine (C=N–C) groups is 1. The van der Waals surface area contributed by atoms with Crippen molar-refractivity contribution in [1.82, 2.24) is 10.2 Å². The quantitative estimate of drug-likeness (QED) is 0.777. The summed E-state index contributed by atoms with van der Waals surface area (Å²) in [6.07, 6.45) is -2.08. The SMILES string of the molecule is FC(F)(F)C1C=NC(N2CCNCC2)=C2CC2C1. The molecule has 6 heteroatoms. The molecule has 2 aliphatic heterocycles. The van der Waals surface area contributed by atoms with Crippen molar-refractivity contribution in [2.45, 2.75) is 19.0 Å². The van der Waals surface area contributed by atoms with Crippen molar-refractivity contribution in [3.05, 3.63) is 11.4 Å². The Kier molecular flexibility index (Phi) is 2.84. The van der Waals surface area contributed by atoms with Crippen LogP contribution < -0.4 is 5.32 Å². The minimum atomic E-state index is -4.16. The van der Waals surface area contributed by atoms with E-state index in [4.69, 9.17) is 0 Å². The van der Waals surface area contributed by atoms with Gasteiger partial charge >= 0.3 is 6.18 Å². The summed E-state index contributed by atoms with van der Waals surface area (Å²) in [5.41, 5.74) is 1.12. The van der Waals surface area contributed by atoms with Gasteiger partial charge < -0.3 is 10.2 Å². The Morgan fingerprint density at radius 3 is 2.67 bits per heavy atom. The van der Waals surface area contributed by atoms with E-state index in [1.54, 1.807) is 0 Å². The third-order valence-electron chi connectivity index (χ3n) is 3.84. The maximum atomic E-state index is 12.7. The molecule has 18 heavy (non-hydrogen) atoms. The van der Waals surface area contributed by atoms with Crippen molar-refractivity contribution in [3.8, 4) is 0 Å². The second-order valence-corrected chi connectivity index (χ2v) is 5.15. The van der Waals surface area contributed by atoms with Crippen molar-refractivity contribution < 1.29 is 13.2 Å². The highest BCUT2D eigenvalue weighted by molar-refractivity contribution is 5.65. The van der Waals surface area contributed by atoms with Gasteiger partial charge in [-0.1, -0.05) is 0 Å². The van der Waals surface area contributed by atoms with Crippen LogP contribution in [0.1, 0.15) is 12.8 Å². The molecule has 0 amide bonds. The molecule has 2 atom stereocenters. The molecule has 1 N–H and O–H groups in total. The van der Waals surface area contributed by atoms with Crippen molar-refractivity contribution in [1.29, 1.82) is 0 Å². The van der Waals surface area contributed by atoms with Gasteiger partial charge in [0.25, 0.3) is 0 Å². The lowest BCUT2D eigenvalue weighted by atomic mass is 10.0. The summed E-state index contributed by atoms with van der Waals surface area (Å²) in [6, 6.07) is 0. The molecule has 0 bridgehead atoms. The van der Waals surface area contributed by atoms with Gasteiger partial charge in [-0.3, -0.25) is 0 Å². The number of fused-ring (bicyclic) bond motifs is 1. The fourth-order valence-corrected chi connectivity index (χ4v) is 2.70. The van der Waals surface area contributed by atoms with E-state index in [9.17, 15) is 13.2 Å². The van der Waals surface area contributed by atoms with E-state index in [0.717, 1.165) is 50.2 Å². The summed E-state index contributed by atoms with van der Waals surface area (Å²) in [5.74, 6) is -0.460. The molecule has 0 aromatic heterocycles. The number of allylic oxidation sites excluding steroid dienone is 1. The monoisotopic (exact) mass is 259 g/mol. The molecule has 0 radical (unpaired) electrons. The van der Waals surface area contributed by atoms with E-state index in [-0.39, 0.29) is 12.3 Å². The fourth-order valence-electron chi connectivity index (χ4n) is 2.70. The van der Waals surface area contributed by atoms with Crippen molar-refractivity contribution >= 4 is 6.21 Å². The molecule has 100 valence electrons. The predicted octanol–water partition coefficient (Wildman–Crippen LogP) is 1.78. The van der Waals surface area contributed by atoms with Gasteiger partial charge in [0.1, 0.15) is 5.82 Å². The largest absolute Gasteiger partial charge is 0.396 e. The minimum Gasteiger partial charge on any atom is -0.354 e. The van der Waals surface area contributed by atoms with E-state index in [1.807, 2.05) is 0 Å². The number of alkyl halides is 3. The lowest BCUT2D eigenvalue weighted by Crippen LogP contribution is -2.42. The standard InChI is InChI=1S/C12H16F3N3/c13-12(14,15)9-5-8-6-10(8)11(17-7-9)18-3-1-16-2-4-18/h7-9,16H,1-6H2. The number of rotatable bonds is 1. The van der Waals surface area contributed by atoms with Crippen LogP contribution in [0.15, 0.2) is 16.4 Å². The summed E-state index contributed by atoms with van der Waals surface area (Å²) in [7, 11) is 0. The molecular formula is C12H16F3N3. The zero-order chi connectivity index (χ0) is 12.8. The molecule has 1 saturated carbocycles. The molecule has 1 saturated heterocycles. The van der Waals surface area contributed by atoms with Crippen molar-refractivity contribution in [2.24, 2.45) is 16.8 Å². The number of halogens is 3. The lowest BCUT2D eigenvalue weighted by molar-refractivity contribution is -0.156. The van der Waals surface area contributed by atoms with Crippen LogP contribution in [-0.2, 0) is 0 Å². The van der Waals surface area contributed by atoms with Gasteiger partial charge in [0.2, 0.25) is 0 Å². The Labute approximate surface area is 104 Å². The van der Waals surface area contributed by atoms with Gasteiger partial charge in [-0.2, -0.15) is 13.2 Å². The molecule has 0 spiro atoms. The van der Waals surface area contributed by atoms with Crippen LogP contribution in [0, 0.1) is 11.8 Å². The predicted molar refractivity (Wildman–Crippen MR) is 62.2 cm³/mol. The Morgan fingerprint density at radius 1 is 1.28 bits per heavy atom. The average molecular weight is 259 g/mol. The maximum Gasteiger partial charge on any atom is 0.396 e. The second kappa shape index (κ2) is 4.26. The highest BCUT2D eigenvalue weighted by Gasteiger charge is 2.46. The molecule has 2 heterocycles. The molecule has 3 aliphatic rings. The van der Waals surface area contributed by atoms with Gasteiger partial charge in [0, 0.05) is 32.4 Å². The zero-order valence-corrected chi connectivity index (χ0v) is 10.0. The van der Waals surface area contributed by atoms with E-state index in [1.165, 1.54) is 0 Å². The highest BCUT2D eigenvalue weighted by Crippen LogP contribution is 2.49. The van der Waals surface area contributed by atoms with E-state index in [2.05, 4.69) is 15.2 Å². The van der Waals surface area contributed by atoms with Crippen molar-refractivity contribution in [3.63, 3.8) is 0 Å². The molecule has 3 nitrogen and oxygen atoms in total. The first-order valence-electron chi connectivity index (χ1n) is 6.35. The molecule has 0 aromatic carbocycles. The molecule has 0 aromatic rings. The van der Waals surface area contributed by atoms with Crippen LogP contribution in [-0.4, -0.2) is 43.5 Å². The first-order chi connectivity index (χ1) is 8.55. The van der Waals surface area contributed by atoms with Gasteiger partial charge in [0.05, 0.1) is 5.92 Å². The summed E-state index contributed by atoms with van der Waals surface area (Å²) in [6.45, 7) is 3.42. The first-order valence-corrected chi connectivity index (χ1v) is 6.35. The first kappa shape index (κ1) is 12.0. The van der Waals surface area contributed by atoms with Gasteiger partial charge in [-0.25, -0.2) is 4.99 Å². The van der Waals surface area contributed by atoms with Crippen LogP contribution in [0.25, 0.3) is 0 Å². The minimum absolute atomic E-state index is 0.101. The topological polar surface area (TPSA) is 27.6 Å². The van der Waals surface area contributed by atoms with E-state index < -0.39 is 12.1 Å². The molecule has 3 rings (SSSR count). The van der Waals surface area contributed by atoms with Gasteiger partial charge in [-0.05, 0) is 24.3 Å². The average Bonchev–Trinajstić information content (AvgIpc) is 3.06. The molecular weight excluding hydrogens is 243 g/mol. The molecule has 1 aliphatic carbocycles. The van der Waals surface area contributed by atoms with Crippen LogP contribution in [0.4, 0.5) is 13.2 Å². The van der Waals surface area contributed by atoms with Crippen LogP contribution in [0.3, 0.4) is 0 Å². The zero-order valence-electron chi connectivity index (χ0n) is 10.0. The Morgan fingerprint density at radius 2 is 2.00 bits per heavy atom. The van der Waals surface area contributed by atoms with Crippen LogP contribution in [0.5, 0.6) is 0 Å². The molecule has 2 unspecified atom stereocenters. The Bertz CT molecular complexity index is 394. The maximum absolute atomic E-state index is 12.7. The summed E-state index contributed by atoms with van der Waals surface area (Å²) >= 11 is 0. The second-order valence-electron chi connectivity index (χ2n) is 5.15. The fraction of sp³-hybridized carbons (Fsp3) is 0.750. The van der Waals surface area contributed by atoms with E-state index in [0.29, 0.717) is 0 Å². The number of piperazine rings is 1. The normalized spacial score (nSPS) is 32.3. The molecule has 2 fully saturated rings. The number of hydrogen-bond acceptors (Lipinski definition) is 3. The number of nitrogens with zero attached hydrogens (tertiary/aromatic N) is 2. The van der Waals surface area contributed by atoms with Crippen LogP contribution >= 0.6 is 0 Å². The summed E-state index contributed by atoms with van der Waals surface area (Å²) in [4.78, 5) is 6.26.